The number of carbonyl (C=O) groups is 2. The van der Waals surface area contributed by atoms with Gasteiger partial charge < -0.3 is 19.8 Å². The predicted octanol–water partition coefficient (Wildman–Crippen LogP) is 0.0977. The van der Waals surface area contributed by atoms with Crippen LogP contribution in [0.3, 0.4) is 0 Å². The van der Waals surface area contributed by atoms with Crippen molar-refractivity contribution in [2.45, 2.75) is 0 Å². The van der Waals surface area contributed by atoms with Crippen LogP contribution in [0.15, 0.2) is 60.7 Å². The van der Waals surface area contributed by atoms with Gasteiger partial charge >= 0.3 is 17.1 Å². The third-order valence-electron chi connectivity index (χ3n) is 2.02. The summed E-state index contributed by atoms with van der Waals surface area (Å²) in [5, 5.41) is 20.2. The van der Waals surface area contributed by atoms with E-state index in [0.29, 0.717) is 0 Å². The Morgan fingerprint density at radius 2 is 0.895 bits per heavy atom. The predicted molar refractivity (Wildman–Crippen MR) is 61.5 cm³/mol. The third kappa shape index (κ3) is 6.40. The Labute approximate surface area is 121 Å². The second-order valence-electron chi connectivity index (χ2n) is 3.31. The standard InChI is InChI=1S/2C7H6O2.Cu/c2*8-7(9)6-4-2-1-3-5-6;/h2*1-5H,(H,8,9);/q;;+2/p-2. The minimum atomic E-state index is -1.13. The van der Waals surface area contributed by atoms with E-state index in [1.165, 1.54) is 24.3 Å². The van der Waals surface area contributed by atoms with Crippen LogP contribution < -0.4 is 10.2 Å². The Bertz CT molecular complexity index is 462. The molecule has 0 aliphatic carbocycles. The van der Waals surface area contributed by atoms with Gasteiger partial charge in [0, 0.05) is 0 Å². The van der Waals surface area contributed by atoms with Crippen LogP contribution in [0, 0.1) is 0 Å². The number of carbonyl (C=O) groups excluding carboxylic acids is 2. The summed E-state index contributed by atoms with van der Waals surface area (Å²) in [7, 11) is 0. The van der Waals surface area contributed by atoms with E-state index in [1.807, 2.05) is 0 Å². The van der Waals surface area contributed by atoms with Crippen molar-refractivity contribution < 1.29 is 36.9 Å². The second kappa shape index (κ2) is 8.91. The molecule has 2 aromatic carbocycles. The van der Waals surface area contributed by atoms with E-state index in [9.17, 15) is 19.8 Å². The molecule has 2 rings (SSSR count). The Morgan fingerprint density at radius 1 is 0.632 bits per heavy atom. The molecule has 2 aromatic rings. The molecule has 0 aliphatic heterocycles. The van der Waals surface area contributed by atoms with E-state index >= 15 is 0 Å². The van der Waals surface area contributed by atoms with Crippen molar-refractivity contribution in [3.8, 4) is 0 Å². The van der Waals surface area contributed by atoms with Crippen molar-refractivity contribution in [1.29, 1.82) is 0 Å². The van der Waals surface area contributed by atoms with Gasteiger partial charge in [0.2, 0.25) is 0 Å². The summed E-state index contributed by atoms with van der Waals surface area (Å²) in [5.74, 6) is -2.26. The quantitative estimate of drug-likeness (QED) is 0.737. The molecule has 0 aliphatic rings. The largest absolute Gasteiger partial charge is 2.00 e. The molecule has 0 bridgehead atoms. The zero-order valence-corrected chi connectivity index (χ0v) is 10.6. The van der Waals surface area contributed by atoms with Gasteiger partial charge in [-0.25, -0.2) is 0 Å². The smallest absolute Gasteiger partial charge is 0.545 e. The molecule has 1 radical (unpaired) electrons. The number of benzene rings is 2. The number of aromatic carboxylic acids is 2. The molecule has 0 saturated carbocycles. The Balaban J connectivity index is 0.000000324. The summed E-state index contributed by atoms with van der Waals surface area (Å²) < 4.78 is 0. The number of hydrogen-bond donors (Lipinski definition) is 0. The van der Waals surface area contributed by atoms with E-state index in [-0.39, 0.29) is 28.2 Å². The van der Waals surface area contributed by atoms with E-state index < -0.39 is 11.9 Å². The maximum absolute atomic E-state index is 10.1. The van der Waals surface area contributed by atoms with Gasteiger partial charge in [0.1, 0.15) is 0 Å². The molecule has 19 heavy (non-hydrogen) atoms. The maximum Gasteiger partial charge on any atom is 2.00 e. The van der Waals surface area contributed by atoms with Crippen LogP contribution in [0.5, 0.6) is 0 Å². The van der Waals surface area contributed by atoms with Gasteiger partial charge in [-0.2, -0.15) is 0 Å². The number of carboxylic acid groups (broad SMARTS) is 2. The molecular formula is C14H10CuO4. The van der Waals surface area contributed by atoms with Crippen molar-refractivity contribution in [3.05, 3.63) is 71.8 Å². The van der Waals surface area contributed by atoms with Crippen molar-refractivity contribution >= 4 is 11.9 Å². The van der Waals surface area contributed by atoms with E-state index in [4.69, 9.17) is 0 Å². The Morgan fingerprint density at radius 3 is 1.05 bits per heavy atom. The summed E-state index contributed by atoms with van der Waals surface area (Å²) in [5.41, 5.74) is 0.440. The summed E-state index contributed by atoms with van der Waals surface area (Å²) in [6, 6.07) is 16.1. The van der Waals surface area contributed by atoms with E-state index in [2.05, 4.69) is 0 Å². The van der Waals surface area contributed by atoms with Gasteiger partial charge in [-0.15, -0.1) is 0 Å². The van der Waals surface area contributed by atoms with Crippen LogP contribution in [0.1, 0.15) is 20.7 Å². The van der Waals surface area contributed by atoms with Crippen LogP contribution in [0.2, 0.25) is 0 Å². The SMILES string of the molecule is O=C([O-])c1ccccc1.O=C([O-])c1ccccc1.[Cu+2]. The monoisotopic (exact) mass is 305 g/mol. The topological polar surface area (TPSA) is 80.3 Å². The molecule has 5 heteroatoms. The van der Waals surface area contributed by atoms with Crippen LogP contribution in [-0.2, 0) is 17.1 Å². The summed E-state index contributed by atoms with van der Waals surface area (Å²) in [6.45, 7) is 0. The first kappa shape index (κ1) is 16.9. The minimum absolute atomic E-state index is 0. The molecule has 0 unspecified atom stereocenters. The van der Waals surface area contributed by atoms with Gasteiger partial charge in [-0.05, 0) is 11.1 Å². The zero-order chi connectivity index (χ0) is 13.4. The van der Waals surface area contributed by atoms with Crippen LogP contribution >= 0.6 is 0 Å². The van der Waals surface area contributed by atoms with Gasteiger partial charge in [-0.1, -0.05) is 60.7 Å². The van der Waals surface area contributed by atoms with Crippen molar-refractivity contribution in [2.75, 3.05) is 0 Å². The molecule has 0 saturated heterocycles. The van der Waals surface area contributed by atoms with E-state index in [1.54, 1.807) is 36.4 Å². The number of carboxylic acids is 2. The fourth-order valence-electron chi connectivity index (χ4n) is 1.15. The maximum atomic E-state index is 10.1. The minimum Gasteiger partial charge on any atom is -0.545 e. The Hall–Kier alpha value is -2.10. The van der Waals surface area contributed by atoms with Crippen molar-refractivity contribution in [2.24, 2.45) is 0 Å². The van der Waals surface area contributed by atoms with Crippen molar-refractivity contribution in [1.82, 2.24) is 0 Å². The zero-order valence-electron chi connectivity index (χ0n) is 9.71. The average molecular weight is 306 g/mol. The van der Waals surface area contributed by atoms with Crippen LogP contribution in [0.4, 0.5) is 0 Å². The van der Waals surface area contributed by atoms with Crippen molar-refractivity contribution in [3.63, 3.8) is 0 Å². The number of rotatable bonds is 2. The average Bonchev–Trinajstić information content (AvgIpc) is 2.41. The second-order valence-corrected chi connectivity index (χ2v) is 3.31. The van der Waals surface area contributed by atoms with Gasteiger partial charge in [0.25, 0.3) is 0 Å². The van der Waals surface area contributed by atoms with Crippen LogP contribution in [-0.4, -0.2) is 11.9 Å². The van der Waals surface area contributed by atoms with Gasteiger partial charge in [0.05, 0.1) is 11.9 Å². The Kier molecular flexibility index (Phi) is 7.93. The molecule has 0 atom stereocenters. The molecule has 0 heterocycles. The summed E-state index contributed by atoms with van der Waals surface area (Å²) in [6.07, 6.45) is 0. The normalized spacial score (nSPS) is 8.42. The molecule has 0 amide bonds. The molecule has 0 aromatic heterocycles. The third-order valence-corrected chi connectivity index (χ3v) is 2.02. The molecule has 4 nitrogen and oxygen atoms in total. The molecule has 0 spiro atoms. The summed E-state index contributed by atoms with van der Waals surface area (Å²) >= 11 is 0. The molecule has 101 valence electrons. The first-order chi connectivity index (χ1) is 8.61. The first-order valence-corrected chi connectivity index (χ1v) is 5.14. The molecule has 0 N–H and O–H groups in total. The fraction of sp³-hybridized carbons (Fsp3) is 0. The van der Waals surface area contributed by atoms with E-state index in [0.717, 1.165) is 0 Å². The van der Waals surface area contributed by atoms with Gasteiger partial charge in [0.15, 0.2) is 0 Å². The molecular weight excluding hydrogens is 296 g/mol. The first-order valence-electron chi connectivity index (χ1n) is 5.14. The molecule has 0 fully saturated rings. The summed E-state index contributed by atoms with van der Waals surface area (Å²) in [4.78, 5) is 20.2. The van der Waals surface area contributed by atoms with Gasteiger partial charge in [-0.3, -0.25) is 0 Å². The fourth-order valence-corrected chi connectivity index (χ4v) is 1.15. The van der Waals surface area contributed by atoms with Crippen LogP contribution in [0.25, 0.3) is 0 Å². The number of hydrogen-bond acceptors (Lipinski definition) is 4.